The average molecular weight is 362 g/mol. The molecule has 0 atom stereocenters. The lowest BCUT2D eigenvalue weighted by atomic mass is 9.97. The summed E-state index contributed by atoms with van der Waals surface area (Å²) in [6, 6.07) is 3.67. The van der Waals surface area contributed by atoms with Crippen LogP contribution in [0.2, 0.25) is 0 Å². The van der Waals surface area contributed by atoms with E-state index in [1.54, 1.807) is 21.3 Å². The summed E-state index contributed by atoms with van der Waals surface area (Å²) in [5, 5.41) is 5.81. The molecule has 0 heterocycles. The Morgan fingerprint density at radius 3 is 2.15 bits per heavy atom. The first-order valence-electron chi connectivity index (χ1n) is 9.16. The van der Waals surface area contributed by atoms with E-state index in [4.69, 9.17) is 14.2 Å². The van der Waals surface area contributed by atoms with Gasteiger partial charge in [-0.25, -0.2) is 4.79 Å². The van der Waals surface area contributed by atoms with E-state index in [0.29, 0.717) is 36.8 Å². The summed E-state index contributed by atoms with van der Waals surface area (Å²) in [7, 11) is 4.76. The fourth-order valence-electron chi connectivity index (χ4n) is 3.13. The van der Waals surface area contributed by atoms with Gasteiger partial charge in [-0.3, -0.25) is 0 Å². The first kappa shape index (κ1) is 19.9. The molecule has 1 aliphatic carbocycles. The highest BCUT2D eigenvalue weighted by atomic mass is 16.5. The SMILES string of the molecule is COc1cc(CCNC(=O)NCCC2=CCCCC2)cc(OC)c1OC. The van der Waals surface area contributed by atoms with Crippen molar-refractivity contribution in [3.05, 3.63) is 29.3 Å². The highest BCUT2D eigenvalue weighted by Crippen LogP contribution is 2.38. The molecular formula is C20H30N2O4. The number of nitrogens with one attached hydrogen (secondary N) is 2. The third kappa shape index (κ3) is 5.86. The zero-order valence-corrected chi connectivity index (χ0v) is 16.0. The highest BCUT2D eigenvalue weighted by molar-refractivity contribution is 5.73. The van der Waals surface area contributed by atoms with Crippen LogP contribution >= 0.6 is 0 Å². The Bertz CT molecular complexity index is 603. The van der Waals surface area contributed by atoms with Gasteiger partial charge in [-0.2, -0.15) is 0 Å². The molecule has 0 radical (unpaired) electrons. The van der Waals surface area contributed by atoms with Crippen molar-refractivity contribution < 1.29 is 19.0 Å². The molecule has 1 aromatic carbocycles. The maximum absolute atomic E-state index is 11.9. The topological polar surface area (TPSA) is 68.8 Å². The summed E-state index contributed by atoms with van der Waals surface area (Å²) in [5.74, 6) is 1.81. The molecular weight excluding hydrogens is 332 g/mol. The fraction of sp³-hybridized carbons (Fsp3) is 0.550. The first-order valence-corrected chi connectivity index (χ1v) is 9.16. The van der Waals surface area contributed by atoms with Crippen molar-refractivity contribution in [3.63, 3.8) is 0 Å². The van der Waals surface area contributed by atoms with Gasteiger partial charge in [0.15, 0.2) is 11.5 Å². The van der Waals surface area contributed by atoms with Gasteiger partial charge in [-0.15, -0.1) is 0 Å². The van der Waals surface area contributed by atoms with Crippen LogP contribution in [0.3, 0.4) is 0 Å². The van der Waals surface area contributed by atoms with Crippen LogP contribution < -0.4 is 24.8 Å². The summed E-state index contributed by atoms with van der Waals surface area (Å²) >= 11 is 0. The number of methoxy groups -OCH3 is 3. The van der Waals surface area contributed by atoms with Crippen molar-refractivity contribution in [2.75, 3.05) is 34.4 Å². The number of carbonyl (C=O) groups excluding carboxylic acids is 1. The third-order valence-electron chi connectivity index (χ3n) is 4.54. The van der Waals surface area contributed by atoms with Gasteiger partial charge in [-0.05, 0) is 56.2 Å². The zero-order chi connectivity index (χ0) is 18.8. The van der Waals surface area contributed by atoms with E-state index in [9.17, 15) is 4.79 Å². The van der Waals surface area contributed by atoms with E-state index in [1.807, 2.05) is 12.1 Å². The largest absolute Gasteiger partial charge is 0.493 e. The van der Waals surface area contributed by atoms with Crippen LogP contribution in [0.4, 0.5) is 4.79 Å². The van der Waals surface area contributed by atoms with Crippen LogP contribution in [0.1, 0.15) is 37.7 Å². The molecule has 0 unspecified atom stereocenters. The molecule has 2 rings (SSSR count). The molecule has 0 saturated carbocycles. The maximum Gasteiger partial charge on any atom is 0.314 e. The molecule has 0 saturated heterocycles. The standard InChI is InChI=1S/C20H30N2O4/c1-24-17-13-16(14-18(25-2)19(17)26-3)10-12-22-20(23)21-11-9-15-7-5-4-6-8-15/h7,13-14H,4-6,8-12H2,1-3H3,(H2,21,22,23). The normalized spacial score (nSPS) is 13.6. The van der Waals surface area contributed by atoms with Crippen molar-refractivity contribution in [2.45, 2.75) is 38.5 Å². The number of urea groups is 1. The van der Waals surface area contributed by atoms with Gasteiger partial charge < -0.3 is 24.8 Å². The van der Waals surface area contributed by atoms with Crippen LogP contribution in [0.25, 0.3) is 0 Å². The lowest BCUT2D eigenvalue weighted by Gasteiger charge is -2.15. The molecule has 144 valence electrons. The number of hydrogen-bond donors (Lipinski definition) is 2. The van der Waals surface area contributed by atoms with E-state index in [1.165, 1.54) is 31.3 Å². The Kier molecular flexibility index (Phi) is 8.12. The van der Waals surface area contributed by atoms with Crippen molar-refractivity contribution in [1.29, 1.82) is 0 Å². The lowest BCUT2D eigenvalue weighted by molar-refractivity contribution is 0.241. The van der Waals surface area contributed by atoms with Gasteiger partial charge in [0.25, 0.3) is 0 Å². The highest BCUT2D eigenvalue weighted by Gasteiger charge is 2.13. The third-order valence-corrected chi connectivity index (χ3v) is 4.54. The Hall–Kier alpha value is -2.37. The molecule has 1 aromatic rings. The van der Waals surface area contributed by atoms with Crippen LogP contribution in [0.15, 0.2) is 23.8 Å². The second-order valence-corrected chi connectivity index (χ2v) is 6.32. The average Bonchev–Trinajstić information content (AvgIpc) is 2.68. The molecule has 1 aliphatic rings. The molecule has 2 N–H and O–H groups in total. The van der Waals surface area contributed by atoms with Crippen molar-refractivity contribution in [1.82, 2.24) is 10.6 Å². The summed E-state index contributed by atoms with van der Waals surface area (Å²) in [6.45, 7) is 1.22. The summed E-state index contributed by atoms with van der Waals surface area (Å²) in [4.78, 5) is 11.9. The summed E-state index contributed by atoms with van der Waals surface area (Å²) in [6.07, 6.45) is 8.84. The number of rotatable bonds is 9. The van der Waals surface area contributed by atoms with E-state index < -0.39 is 0 Å². The number of allylic oxidation sites excluding steroid dienone is 1. The van der Waals surface area contributed by atoms with E-state index in [-0.39, 0.29) is 6.03 Å². The number of ether oxygens (including phenoxy) is 3. The second kappa shape index (κ2) is 10.6. The second-order valence-electron chi connectivity index (χ2n) is 6.32. The van der Waals surface area contributed by atoms with Gasteiger partial charge >= 0.3 is 6.03 Å². The van der Waals surface area contributed by atoms with Gasteiger partial charge in [0.05, 0.1) is 21.3 Å². The molecule has 0 fully saturated rings. The molecule has 0 spiro atoms. The first-order chi connectivity index (χ1) is 12.7. The van der Waals surface area contributed by atoms with Crippen molar-refractivity contribution >= 4 is 6.03 Å². The van der Waals surface area contributed by atoms with Crippen molar-refractivity contribution in [2.24, 2.45) is 0 Å². The number of benzene rings is 1. The van der Waals surface area contributed by atoms with E-state index in [2.05, 4.69) is 16.7 Å². The molecule has 6 nitrogen and oxygen atoms in total. The monoisotopic (exact) mass is 362 g/mol. The van der Waals surface area contributed by atoms with E-state index in [0.717, 1.165) is 12.0 Å². The Morgan fingerprint density at radius 2 is 1.62 bits per heavy atom. The lowest BCUT2D eigenvalue weighted by Crippen LogP contribution is -2.37. The van der Waals surface area contributed by atoms with E-state index >= 15 is 0 Å². The molecule has 0 aromatic heterocycles. The smallest absolute Gasteiger partial charge is 0.314 e. The minimum Gasteiger partial charge on any atom is -0.493 e. The number of carbonyl (C=O) groups is 1. The zero-order valence-electron chi connectivity index (χ0n) is 16.0. The van der Waals surface area contributed by atoms with Gasteiger partial charge in [-0.1, -0.05) is 11.6 Å². The predicted octanol–water partition coefficient (Wildman–Crippen LogP) is 3.44. The maximum atomic E-state index is 11.9. The van der Waals surface area contributed by atoms with Crippen molar-refractivity contribution in [3.8, 4) is 17.2 Å². The van der Waals surface area contributed by atoms with Crippen LogP contribution in [0, 0.1) is 0 Å². The minimum absolute atomic E-state index is 0.131. The molecule has 6 heteroatoms. The van der Waals surface area contributed by atoms with Crippen LogP contribution in [-0.2, 0) is 6.42 Å². The summed E-state index contributed by atoms with van der Waals surface area (Å²) < 4.78 is 16.0. The Morgan fingerprint density at radius 1 is 0.962 bits per heavy atom. The minimum atomic E-state index is -0.131. The van der Waals surface area contributed by atoms with Gasteiger partial charge in [0.2, 0.25) is 5.75 Å². The predicted molar refractivity (Wildman–Crippen MR) is 102 cm³/mol. The fourth-order valence-corrected chi connectivity index (χ4v) is 3.13. The molecule has 26 heavy (non-hydrogen) atoms. The quantitative estimate of drug-likeness (QED) is 0.660. The number of hydrogen-bond acceptors (Lipinski definition) is 4. The Labute approximate surface area is 155 Å². The molecule has 2 amide bonds. The Balaban J connectivity index is 1.76. The number of amides is 2. The summed E-state index contributed by atoms with van der Waals surface area (Å²) in [5.41, 5.74) is 2.47. The van der Waals surface area contributed by atoms with Gasteiger partial charge in [0.1, 0.15) is 0 Å². The van der Waals surface area contributed by atoms with Gasteiger partial charge in [0, 0.05) is 13.1 Å². The molecule has 0 aliphatic heterocycles. The van der Waals surface area contributed by atoms with Crippen LogP contribution in [-0.4, -0.2) is 40.5 Å². The van der Waals surface area contributed by atoms with Crippen LogP contribution in [0.5, 0.6) is 17.2 Å². The molecule has 0 bridgehead atoms.